The molecule has 2 aromatic rings. The quantitative estimate of drug-likeness (QED) is 0.881. The minimum atomic E-state index is 0.442. The van der Waals surface area contributed by atoms with Crippen molar-refractivity contribution in [2.24, 2.45) is 0 Å². The number of hydrogen-bond donors (Lipinski definition) is 1. The summed E-state index contributed by atoms with van der Waals surface area (Å²) in [6.45, 7) is 2.56. The van der Waals surface area contributed by atoms with Gasteiger partial charge in [-0.1, -0.05) is 37.1 Å². The van der Waals surface area contributed by atoms with E-state index in [2.05, 4.69) is 22.2 Å². The number of halogens is 1. The third kappa shape index (κ3) is 3.61. The number of benzene rings is 1. The van der Waals surface area contributed by atoms with Crippen molar-refractivity contribution in [1.82, 2.24) is 9.97 Å². The van der Waals surface area contributed by atoms with Crippen LogP contribution < -0.4 is 10.1 Å². The smallest absolute Gasteiger partial charge is 0.222 e. The molecule has 20 heavy (non-hydrogen) atoms. The van der Waals surface area contributed by atoms with Gasteiger partial charge in [0.2, 0.25) is 5.88 Å². The lowest BCUT2D eigenvalue weighted by molar-refractivity contribution is 0.290. The molecule has 1 aromatic carbocycles. The van der Waals surface area contributed by atoms with E-state index in [0.717, 1.165) is 29.8 Å². The number of nitrogens with zero attached hydrogens (tertiary/aromatic N) is 2. The molecule has 0 bridgehead atoms. The lowest BCUT2D eigenvalue weighted by Gasteiger charge is -2.13. The molecule has 0 aliphatic rings. The molecule has 5 heteroatoms. The Morgan fingerprint density at radius 1 is 1.30 bits per heavy atom. The predicted octanol–water partition coefficient (Wildman–Crippen LogP) is 3.70. The zero-order valence-corrected chi connectivity index (χ0v) is 12.4. The van der Waals surface area contributed by atoms with Gasteiger partial charge in [-0.3, -0.25) is 0 Å². The van der Waals surface area contributed by atoms with Gasteiger partial charge in [0.05, 0.1) is 5.56 Å². The highest BCUT2D eigenvalue weighted by Gasteiger charge is 2.11. The average molecular weight is 292 g/mol. The van der Waals surface area contributed by atoms with Gasteiger partial charge in [0.1, 0.15) is 18.8 Å². The summed E-state index contributed by atoms with van der Waals surface area (Å²) in [5, 5.41) is 3.78. The van der Waals surface area contributed by atoms with Gasteiger partial charge in [0.15, 0.2) is 0 Å². The van der Waals surface area contributed by atoms with Gasteiger partial charge in [-0.05, 0) is 24.1 Å². The zero-order chi connectivity index (χ0) is 14.4. The highest BCUT2D eigenvalue weighted by Crippen LogP contribution is 2.24. The number of rotatable bonds is 6. The monoisotopic (exact) mass is 291 g/mol. The average Bonchev–Trinajstić information content (AvgIpc) is 2.46. The van der Waals surface area contributed by atoms with E-state index in [1.807, 2.05) is 31.3 Å². The van der Waals surface area contributed by atoms with E-state index in [-0.39, 0.29) is 0 Å². The van der Waals surface area contributed by atoms with E-state index in [4.69, 9.17) is 16.3 Å². The molecule has 1 heterocycles. The van der Waals surface area contributed by atoms with Gasteiger partial charge in [-0.15, -0.1) is 0 Å². The maximum atomic E-state index is 5.96. The first-order chi connectivity index (χ1) is 9.74. The predicted molar refractivity (Wildman–Crippen MR) is 81.4 cm³/mol. The van der Waals surface area contributed by atoms with Gasteiger partial charge in [0, 0.05) is 12.1 Å². The fraction of sp³-hybridized carbons (Fsp3) is 0.333. The van der Waals surface area contributed by atoms with Crippen LogP contribution in [0.5, 0.6) is 5.88 Å². The van der Waals surface area contributed by atoms with Gasteiger partial charge >= 0.3 is 0 Å². The number of aromatic nitrogens is 2. The Bertz CT molecular complexity index is 575. The van der Waals surface area contributed by atoms with Crippen molar-refractivity contribution in [3.05, 3.63) is 46.7 Å². The minimum Gasteiger partial charge on any atom is -0.472 e. The summed E-state index contributed by atoms with van der Waals surface area (Å²) in [4.78, 5) is 8.46. The number of nitrogens with one attached hydrogen (secondary N) is 1. The molecule has 0 aliphatic carbocycles. The molecule has 0 radical (unpaired) electrons. The van der Waals surface area contributed by atoms with Crippen LogP contribution in [0.25, 0.3) is 0 Å². The lowest BCUT2D eigenvalue weighted by atomic mass is 10.1. The highest BCUT2D eigenvalue weighted by molar-refractivity contribution is 6.30. The molecule has 4 nitrogen and oxygen atoms in total. The van der Waals surface area contributed by atoms with Crippen molar-refractivity contribution in [3.8, 4) is 5.88 Å². The molecular weight excluding hydrogens is 274 g/mol. The molecular formula is C15H18ClN3O. The van der Waals surface area contributed by atoms with Gasteiger partial charge < -0.3 is 10.1 Å². The van der Waals surface area contributed by atoms with Crippen LogP contribution in [0.15, 0.2) is 30.6 Å². The van der Waals surface area contributed by atoms with Crippen molar-refractivity contribution in [2.45, 2.75) is 26.4 Å². The Labute approximate surface area is 124 Å². The fourth-order valence-electron chi connectivity index (χ4n) is 1.99. The summed E-state index contributed by atoms with van der Waals surface area (Å²) in [6, 6.07) is 7.62. The van der Waals surface area contributed by atoms with Crippen molar-refractivity contribution in [2.75, 3.05) is 12.4 Å². The first kappa shape index (κ1) is 14.6. The standard InChI is InChI=1S/C15H18ClN3O/c1-3-5-13-14(17-2)18-10-19-15(13)20-9-11-6-4-7-12(16)8-11/h4,6-8,10H,3,5,9H2,1-2H3,(H,17,18,19). The second kappa shape index (κ2) is 7.10. The molecule has 1 N–H and O–H groups in total. The lowest BCUT2D eigenvalue weighted by Crippen LogP contribution is -2.05. The molecule has 0 unspecified atom stereocenters. The molecule has 2 rings (SSSR count). The molecule has 0 atom stereocenters. The molecule has 0 saturated carbocycles. The molecule has 0 amide bonds. The van der Waals surface area contributed by atoms with E-state index in [1.54, 1.807) is 0 Å². The van der Waals surface area contributed by atoms with Gasteiger partial charge in [0.25, 0.3) is 0 Å². The number of ether oxygens (including phenoxy) is 1. The summed E-state index contributed by atoms with van der Waals surface area (Å²) >= 11 is 5.96. The number of anilines is 1. The summed E-state index contributed by atoms with van der Waals surface area (Å²) in [6.07, 6.45) is 3.40. The summed E-state index contributed by atoms with van der Waals surface area (Å²) < 4.78 is 5.82. The van der Waals surface area contributed by atoms with Gasteiger partial charge in [-0.2, -0.15) is 0 Å². The Hall–Kier alpha value is -1.81. The SMILES string of the molecule is CCCc1c(NC)ncnc1OCc1cccc(Cl)c1. The molecule has 0 aliphatic heterocycles. The minimum absolute atomic E-state index is 0.442. The fourth-order valence-corrected chi connectivity index (χ4v) is 2.20. The van der Waals surface area contributed by atoms with E-state index in [9.17, 15) is 0 Å². The second-order valence-electron chi connectivity index (χ2n) is 4.42. The Balaban J connectivity index is 2.16. The van der Waals surface area contributed by atoms with Crippen molar-refractivity contribution < 1.29 is 4.74 Å². The van der Waals surface area contributed by atoms with Crippen molar-refractivity contribution in [1.29, 1.82) is 0 Å². The molecule has 106 valence electrons. The van der Waals surface area contributed by atoms with E-state index < -0.39 is 0 Å². The third-order valence-corrected chi connectivity index (χ3v) is 3.14. The van der Waals surface area contributed by atoms with Crippen LogP contribution in [0.1, 0.15) is 24.5 Å². The Morgan fingerprint density at radius 3 is 2.85 bits per heavy atom. The normalized spacial score (nSPS) is 10.3. The van der Waals surface area contributed by atoms with Crippen LogP contribution in [0.2, 0.25) is 5.02 Å². The highest BCUT2D eigenvalue weighted by atomic mass is 35.5. The van der Waals surface area contributed by atoms with Crippen LogP contribution in [0.4, 0.5) is 5.82 Å². The number of hydrogen-bond acceptors (Lipinski definition) is 4. The Morgan fingerprint density at radius 2 is 2.15 bits per heavy atom. The van der Waals surface area contributed by atoms with E-state index >= 15 is 0 Å². The maximum absolute atomic E-state index is 5.96. The third-order valence-electron chi connectivity index (χ3n) is 2.91. The summed E-state index contributed by atoms with van der Waals surface area (Å²) in [7, 11) is 1.85. The Kier molecular flexibility index (Phi) is 5.18. The first-order valence-electron chi connectivity index (χ1n) is 6.63. The largest absolute Gasteiger partial charge is 0.472 e. The molecule has 0 saturated heterocycles. The molecule has 1 aromatic heterocycles. The van der Waals surface area contributed by atoms with Crippen LogP contribution in [0, 0.1) is 0 Å². The van der Waals surface area contributed by atoms with Crippen LogP contribution in [-0.4, -0.2) is 17.0 Å². The van der Waals surface area contributed by atoms with Crippen LogP contribution >= 0.6 is 11.6 Å². The van der Waals surface area contributed by atoms with E-state index in [1.165, 1.54) is 6.33 Å². The zero-order valence-electron chi connectivity index (χ0n) is 11.7. The molecule has 0 fully saturated rings. The first-order valence-corrected chi connectivity index (χ1v) is 7.01. The second-order valence-corrected chi connectivity index (χ2v) is 4.86. The van der Waals surface area contributed by atoms with Crippen LogP contribution in [-0.2, 0) is 13.0 Å². The van der Waals surface area contributed by atoms with Crippen molar-refractivity contribution in [3.63, 3.8) is 0 Å². The van der Waals surface area contributed by atoms with E-state index in [0.29, 0.717) is 17.5 Å². The van der Waals surface area contributed by atoms with Crippen molar-refractivity contribution >= 4 is 17.4 Å². The molecule has 0 spiro atoms. The topological polar surface area (TPSA) is 47.0 Å². The maximum Gasteiger partial charge on any atom is 0.222 e. The summed E-state index contributed by atoms with van der Waals surface area (Å²) in [5.41, 5.74) is 2.03. The van der Waals surface area contributed by atoms with Crippen LogP contribution in [0.3, 0.4) is 0 Å². The summed E-state index contributed by atoms with van der Waals surface area (Å²) in [5.74, 6) is 1.45. The van der Waals surface area contributed by atoms with Gasteiger partial charge in [-0.25, -0.2) is 9.97 Å².